The van der Waals surface area contributed by atoms with Gasteiger partial charge in [0, 0.05) is 6.07 Å². The Morgan fingerprint density at radius 3 is 2.22 bits per heavy atom. The Labute approximate surface area is 186 Å². The molecule has 0 bridgehead atoms. The maximum absolute atomic E-state index is 13.4. The van der Waals surface area contributed by atoms with Gasteiger partial charge in [-0.2, -0.15) is 0 Å². The highest BCUT2D eigenvalue weighted by molar-refractivity contribution is 7.92. The summed E-state index contributed by atoms with van der Waals surface area (Å²) in [6, 6.07) is 16.0. The molecular weight excluding hydrogens is 435 g/mol. The van der Waals surface area contributed by atoms with Crippen molar-refractivity contribution in [3.8, 4) is 11.5 Å². The van der Waals surface area contributed by atoms with Crippen molar-refractivity contribution in [1.29, 1.82) is 0 Å². The molecule has 9 heteroatoms. The highest BCUT2D eigenvalue weighted by Gasteiger charge is 2.27. The summed E-state index contributed by atoms with van der Waals surface area (Å²) in [4.78, 5) is 12.9. The Morgan fingerprint density at radius 1 is 0.969 bits per heavy atom. The number of rotatable bonds is 8. The molecule has 0 saturated carbocycles. The van der Waals surface area contributed by atoms with Crippen molar-refractivity contribution in [1.82, 2.24) is 0 Å². The number of nitrogens with one attached hydrogen (secondary N) is 1. The van der Waals surface area contributed by atoms with Crippen LogP contribution in [0.1, 0.15) is 5.56 Å². The van der Waals surface area contributed by atoms with Crippen LogP contribution >= 0.6 is 0 Å². The molecule has 0 spiro atoms. The summed E-state index contributed by atoms with van der Waals surface area (Å²) in [6.45, 7) is 1.31. The molecule has 0 fully saturated rings. The zero-order valence-electron chi connectivity index (χ0n) is 17.8. The molecule has 3 aromatic rings. The van der Waals surface area contributed by atoms with Crippen LogP contribution in [-0.2, 0) is 14.8 Å². The van der Waals surface area contributed by atoms with Crippen LogP contribution in [0.15, 0.2) is 71.6 Å². The smallest absolute Gasteiger partial charge is 0.264 e. The van der Waals surface area contributed by atoms with E-state index >= 15 is 0 Å². The Hall–Kier alpha value is -3.59. The third-order valence-corrected chi connectivity index (χ3v) is 6.48. The van der Waals surface area contributed by atoms with Crippen LogP contribution in [0.3, 0.4) is 0 Å². The molecule has 0 aliphatic rings. The summed E-state index contributed by atoms with van der Waals surface area (Å²) in [5.41, 5.74) is 1.40. The molecule has 3 aromatic carbocycles. The number of sulfonamides is 1. The number of carbonyl (C=O) groups excluding carboxylic acids is 1. The van der Waals surface area contributed by atoms with E-state index in [1.807, 2.05) is 6.92 Å². The second-order valence-corrected chi connectivity index (χ2v) is 8.78. The van der Waals surface area contributed by atoms with Crippen LogP contribution in [0.5, 0.6) is 11.5 Å². The minimum absolute atomic E-state index is 0.0160. The Morgan fingerprint density at radius 2 is 1.62 bits per heavy atom. The zero-order chi connectivity index (χ0) is 23.3. The van der Waals surface area contributed by atoms with E-state index < -0.39 is 28.3 Å². The monoisotopic (exact) mass is 458 g/mol. The summed E-state index contributed by atoms with van der Waals surface area (Å²) >= 11 is 0. The van der Waals surface area contributed by atoms with E-state index in [4.69, 9.17) is 9.47 Å². The average molecular weight is 459 g/mol. The van der Waals surface area contributed by atoms with E-state index in [1.165, 1.54) is 38.5 Å². The van der Waals surface area contributed by atoms with Crippen LogP contribution in [0.25, 0.3) is 0 Å². The van der Waals surface area contributed by atoms with Gasteiger partial charge >= 0.3 is 0 Å². The van der Waals surface area contributed by atoms with E-state index in [0.29, 0.717) is 17.2 Å². The second-order valence-electron chi connectivity index (χ2n) is 6.92. The SMILES string of the molecule is COc1ccc(NC(=O)CN(c2ccc(F)cc2)S(=O)(=O)c2ccc(C)cc2)c(OC)c1. The number of aryl methyl sites for hydroxylation is 1. The fourth-order valence-corrected chi connectivity index (χ4v) is 4.40. The molecule has 0 radical (unpaired) electrons. The van der Waals surface area contributed by atoms with E-state index in [1.54, 1.807) is 30.3 Å². The first-order valence-electron chi connectivity index (χ1n) is 9.61. The minimum Gasteiger partial charge on any atom is -0.497 e. The van der Waals surface area contributed by atoms with Crippen LogP contribution in [0.4, 0.5) is 15.8 Å². The summed E-state index contributed by atoms with van der Waals surface area (Å²) in [6.07, 6.45) is 0. The minimum atomic E-state index is -4.10. The lowest BCUT2D eigenvalue weighted by Gasteiger charge is -2.24. The van der Waals surface area contributed by atoms with Gasteiger partial charge in [0.25, 0.3) is 10.0 Å². The molecule has 0 aromatic heterocycles. The third-order valence-electron chi connectivity index (χ3n) is 4.69. The van der Waals surface area contributed by atoms with Gasteiger partial charge in [-0.05, 0) is 55.5 Å². The van der Waals surface area contributed by atoms with Crippen molar-refractivity contribution < 1.29 is 27.1 Å². The first-order chi connectivity index (χ1) is 15.2. The van der Waals surface area contributed by atoms with E-state index in [2.05, 4.69) is 5.32 Å². The molecule has 1 amide bonds. The van der Waals surface area contributed by atoms with Gasteiger partial charge < -0.3 is 14.8 Å². The molecule has 0 atom stereocenters. The van der Waals surface area contributed by atoms with Crippen molar-refractivity contribution >= 4 is 27.3 Å². The summed E-state index contributed by atoms with van der Waals surface area (Å²) < 4.78 is 51.5. The average Bonchev–Trinajstić information content (AvgIpc) is 2.78. The maximum atomic E-state index is 13.4. The van der Waals surface area contributed by atoms with Crippen LogP contribution in [-0.4, -0.2) is 35.1 Å². The summed E-state index contributed by atoms with van der Waals surface area (Å²) in [7, 11) is -1.15. The number of hydrogen-bond acceptors (Lipinski definition) is 5. The fraction of sp³-hybridized carbons (Fsp3) is 0.174. The molecule has 0 saturated heterocycles. The van der Waals surface area contributed by atoms with Gasteiger partial charge in [0.15, 0.2) is 0 Å². The molecule has 0 unspecified atom stereocenters. The van der Waals surface area contributed by atoms with Crippen molar-refractivity contribution in [3.05, 3.63) is 78.1 Å². The van der Waals surface area contributed by atoms with Gasteiger partial charge in [0.1, 0.15) is 23.9 Å². The van der Waals surface area contributed by atoms with E-state index in [9.17, 15) is 17.6 Å². The molecule has 0 aliphatic heterocycles. The van der Waals surface area contributed by atoms with Crippen LogP contribution in [0, 0.1) is 12.7 Å². The highest BCUT2D eigenvalue weighted by atomic mass is 32.2. The number of amides is 1. The second kappa shape index (κ2) is 9.69. The standard InChI is InChI=1S/C23H23FN2O5S/c1-16-4-11-20(12-5-16)32(28,29)26(18-8-6-17(24)7-9-18)15-23(27)25-21-13-10-19(30-2)14-22(21)31-3/h4-14H,15H2,1-3H3,(H,25,27). The van der Waals surface area contributed by atoms with E-state index in [-0.39, 0.29) is 10.6 Å². The van der Waals surface area contributed by atoms with Gasteiger partial charge in [-0.25, -0.2) is 12.8 Å². The number of ether oxygens (including phenoxy) is 2. The lowest BCUT2D eigenvalue weighted by atomic mass is 10.2. The lowest BCUT2D eigenvalue weighted by Crippen LogP contribution is -2.38. The van der Waals surface area contributed by atoms with Crippen LogP contribution in [0.2, 0.25) is 0 Å². The number of halogens is 1. The van der Waals surface area contributed by atoms with Crippen molar-refractivity contribution in [3.63, 3.8) is 0 Å². The van der Waals surface area contributed by atoms with Crippen LogP contribution < -0.4 is 19.1 Å². The topological polar surface area (TPSA) is 84.9 Å². The number of carbonyl (C=O) groups is 1. The quantitative estimate of drug-likeness (QED) is 0.552. The molecule has 0 heterocycles. The molecule has 0 aliphatic carbocycles. The molecule has 3 rings (SSSR count). The third kappa shape index (κ3) is 5.17. The van der Waals surface area contributed by atoms with Crippen molar-refractivity contribution in [2.24, 2.45) is 0 Å². The number of anilines is 2. The first kappa shape index (κ1) is 23.1. The van der Waals surface area contributed by atoms with Gasteiger partial charge in [-0.1, -0.05) is 17.7 Å². The summed E-state index contributed by atoms with van der Waals surface area (Å²) in [5, 5.41) is 2.66. The molecule has 7 nitrogen and oxygen atoms in total. The lowest BCUT2D eigenvalue weighted by molar-refractivity contribution is -0.114. The molecule has 168 valence electrons. The predicted octanol–water partition coefficient (Wildman–Crippen LogP) is 3.99. The van der Waals surface area contributed by atoms with Gasteiger partial charge in [0.05, 0.1) is 30.5 Å². The largest absolute Gasteiger partial charge is 0.497 e. The first-order valence-corrected chi connectivity index (χ1v) is 11.1. The maximum Gasteiger partial charge on any atom is 0.264 e. The number of hydrogen-bond donors (Lipinski definition) is 1. The number of nitrogens with zero attached hydrogens (tertiary/aromatic N) is 1. The number of methoxy groups -OCH3 is 2. The Bertz CT molecular complexity index is 1200. The zero-order valence-corrected chi connectivity index (χ0v) is 18.6. The normalized spacial score (nSPS) is 11.0. The fourth-order valence-electron chi connectivity index (χ4n) is 2.98. The highest BCUT2D eigenvalue weighted by Crippen LogP contribution is 2.30. The van der Waals surface area contributed by atoms with Crippen molar-refractivity contribution in [2.75, 3.05) is 30.4 Å². The molecule has 32 heavy (non-hydrogen) atoms. The summed E-state index contributed by atoms with van der Waals surface area (Å²) in [5.74, 6) is -0.232. The predicted molar refractivity (Wildman–Crippen MR) is 120 cm³/mol. The van der Waals surface area contributed by atoms with E-state index in [0.717, 1.165) is 22.0 Å². The number of benzene rings is 3. The van der Waals surface area contributed by atoms with Gasteiger partial charge in [0.2, 0.25) is 5.91 Å². The Kier molecular flexibility index (Phi) is 6.99. The van der Waals surface area contributed by atoms with Gasteiger partial charge in [-0.15, -0.1) is 0 Å². The Balaban J connectivity index is 1.93. The van der Waals surface area contributed by atoms with Crippen molar-refractivity contribution in [2.45, 2.75) is 11.8 Å². The molecule has 1 N–H and O–H groups in total. The molecular formula is C23H23FN2O5S. The van der Waals surface area contributed by atoms with Gasteiger partial charge in [-0.3, -0.25) is 9.10 Å².